The molecule has 12 nitrogen and oxygen atoms in total. The van der Waals surface area contributed by atoms with Gasteiger partial charge in [-0.25, -0.2) is 4.79 Å². The van der Waals surface area contributed by atoms with E-state index in [2.05, 4.69) is 10.0 Å². The molecular formula is C22H41BN4O8S. The molecule has 4 atom stereocenters. The van der Waals surface area contributed by atoms with Gasteiger partial charge in [0.05, 0.1) is 17.2 Å². The van der Waals surface area contributed by atoms with Crippen molar-refractivity contribution in [3.8, 4) is 0 Å². The Bertz CT molecular complexity index is 954. The number of carbonyl (C=O) groups excluding carboxylic acids is 1. The third-order valence-corrected chi connectivity index (χ3v) is 8.97. The Labute approximate surface area is 214 Å². The van der Waals surface area contributed by atoms with Crippen molar-refractivity contribution in [1.29, 1.82) is 0 Å². The van der Waals surface area contributed by atoms with Gasteiger partial charge in [-0.15, -0.1) is 0 Å². The van der Waals surface area contributed by atoms with Crippen LogP contribution in [0.5, 0.6) is 0 Å². The van der Waals surface area contributed by atoms with E-state index in [0.29, 0.717) is 25.6 Å². The summed E-state index contributed by atoms with van der Waals surface area (Å²) < 4.78 is 46.8. The number of amides is 1. The number of aliphatic carboxylic acids is 1. The molecule has 2 saturated heterocycles. The van der Waals surface area contributed by atoms with Gasteiger partial charge >= 0.3 is 19.2 Å². The van der Waals surface area contributed by atoms with Crippen molar-refractivity contribution in [1.82, 2.24) is 14.3 Å². The van der Waals surface area contributed by atoms with Crippen molar-refractivity contribution in [3.63, 3.8) is 0 Å². The fraction of sp³-hybridized carbons (Fsp3) is 0.909. The molecule has 1 aliphatic carbocycles. The topological polar surface area (TPSA) is 170 Å². The van der Waals surface area contributed by atoms with E-state index in [4.69, 9.17) is 19.8 Å². The first-order valence-electron chi connectivity index (χ1n) is 12.4. The quantitative estimate of drug-likeness (QED) is 0.317. The number of carboxylic acids is 1. The molecule has 0 unspecified atom stereocenters. The summed E-state index contributed by atoms with van der Waals surface area (Å²) in [7, 11) is -4.43. The zero-order valence-corrected chi connectivity index (χ0v) is 23.1. The van der Waals surface area contributed by atoms with Gasteiger partial charge in [0, 0.05) is 25.0 Å². The Balaban J connectivity index is 1.54. The van der Waals surface area contributed by atoms with E-state index < -0.39 is 69.7 Å². The van der Waals surface area contributed by atoms with E-state index in [1.807, 2.05) is 27.7 Å². The average Bonchev–Trinajstić information content (AvgIpc) is 3.19. The Morgan fingerprint density at radius 2 is 1.75 bits per heavy atom. The van der Waals surface area contributed by atoms with Gasteiger partial charge < -0.3 is 30.2 Å². The second kappa shape index (κ2) is 9.70. The van der Waals surface area contributed by atoms with Crippen LogP contribution in [0.15, 0.2) is 0 Å². The minimum atomic E-state index is -4.01. The summed E-state index contributed by atoms with van der Waals surface area (Å²) >= 11 is 0. The first-order chi connectivity index (χ1) is 16.3. The summed E-state index contributed by atoms with van der Waals surface area (Å²) in [6.45, 7) is 12.7. The summed E-state index contributed by atoms with van der Waals surface area (Å²) in [6.07, 6.45) is 1.31. The van der Waals surface area contributed by atoms with Crippen molar-refractivity contribution in [2.24, 2.45) is 11.7 Å². The summed E-state index contributed by atoms with van der Waals surface area (Å²) in [5.74, 6) is -1.82. The Morgan fingerprint density at radius 1 is 1.17 bits per heavy atom. The minimum absolute atomic E-state index is 0.0155. The van der Waals surface area contributed by atoms with Crippen LogP contribution in [0, 0.1) is 5.92 Å². The van der Waals surface area contributed by atoms with Crippen molar-refractivity contribution < 1.29 is 37.2 Å². The Kier molecular flexibility index (Phi) is 7.84. The van der Waals surface area contributed by atoms with Crippen LogP contribution in [0.4, 0.5) is 4.79 Å². The van der Waals surface area contributed by atoms with Gasteiger partial charge in [-0.3, -0.25) is 4.79 Å². The van der Waals surface area contributed by atoms with Gasteiger partial charge in [0.25, 0.3) is 10.2 Å². The molecule has 3 fully saturated rings. The minimum Gasteiger partial charge on any atom is -0.480 e. The van der Waals surface area contributed by atoms with E-state index in [0.717, 1.165) is 4.31 Å². The molecule has 0 aromatic rings. The van der Waals surface area contributed by atoms with E-state index in [1.54, 1.807) is 20.8 Å². The molecule has 0 aromatic carbocycles. The standard InChI is InChI=1S/C22H41BN4O8S/c1-19(2,3)33-18(30)25-15-11-16(15)26-36(31,32)27-12-14(22(24,13-27)17(28)29)9-8-10-23-34-20(4,5)21(6,7)35-23/h14-16,26H,8-13,24H2,1-7H3,(H,25,30)(H,28,29)/t14-,15+,16+,22-/m0/s1. The lowest BCUT2D eigenvalue weighted by Gasteiger charge is -2.32. The van der Waals surface area contributed by atoms with Crippen molar-refractivity contribution in [3.05, 3.63) is 0 Å². The smallest absolute Gasteiger partial charge is 0.457 e. The molecular weight excluding hydrogens is 491 g/mol. The largest absolute Gasteiger partial charge is 0.480 e. The number of hydrogen-bond acceptors (Lipinski definition) is 8. The second-order valence-electron chi connectivity index (χ2n) is 12.2. The zero-order valence-electron chi connectivity index (χ0n) is 22.3. The van der Waals surface area contributed by atoms with E-state index in [-0.39, 0.29) is 13.1 Å². The fourth-order valence-electron chi connectivity index (χ4n) is 4.49. The molecule has 206 valence electrons. The van der Waals surface area contributed by atoms with Crippen LogP contribution in [-0.2, 0) is 29.0 Å². The lowest BCUT2D eigenvalue weighted by atomic mass is 9.78. The van der Waals surface area contributed by atoms with Crippen LogP contribution < -0.4 is 15.8 Å². The van der Waals surface area contributed by atoms with Crippen LogP contribution in [-0.4, -0.2) is 84.5 Å². The van der Waals surface area contributed by atoms with Crippen molar-refractivity contribution >= 4 is 29.4 Å². The third-order valence-electron chi connectivity index (χ3n) is 7.42. The third kappa shape index (κ3) is 6.51. The lowest BCUT2D eigenvalue weighted by Crippen LogP contribution is -2.55. The molecule has 5 N–H and O–H groups in total. The maximum Gasteiger partial charge on any atom is 0.457 e. The molecule has 0 bridgehead atoms. The predicted octanol–water partition coefficient (Wildman–Crippen LogP) is 1.07. The summed E-state index contributed by atoms with van der Waals surface area (Å²) in [5.41, 5.74) is 2.95. The normalized spacial score (nSPS) is 31.9. The van der Waals surface area contributed by atoms with Crippen molar-refractivity contribution in [2.75, 3.05) is 13.1 Å². The highest BCUT2D eigenvalue weighted by atomic mass is 32.2. The summed E-state index contributed by atoms with van der Waals surface area (Å²) in [6, 6.07) is -0.892. The molecule has 0 spiro atoms. The maximum absolute atomic E-state index is 13.0. The molecule has 2 heterocycles. The van der Waals surface area contributed by atoms with Crippen LogP contribution in [0.25, 0.3) is 0 Å². The predicted molar refractivity (Wildman–Crippen MR) is 133 cm³/mol. The first-order valence-corrected chi connectivity index (χ1v) is 13.8. The average molecular weight is 532 g/mol. The highest BCUT2D eigenvalue weighted by Crippen LogP contribution is 2.39. The van der Waals surface area contributed by atoms with Gasteiger partial charge in [-0.05, 0) is 67.6 Å². The zero-order chi connectivity index (χ0) is 27.3. The van der Waals surface area contributed by atoms with Gasteiger partial charge in [-0.1, -0.05) is 6.42 Å². The molecule has 1 amide bonds. The number of nitrogens with zero attached hydrogens (tertiary/aromatic N) is 1. The molecule has 0 aromatic heterocycles. The Morgan fingerprint density at radius 3 is 2.28 bits per heavy atom. The highest BCUT2D eigenvalue weighted by Gasteiger charge is 2.54. The lowest BCUT2D eigenvalue weighted by molar-refractivity contribution is -0.144. The van der Waals surface area contributed by atoms with E-state index in [1.165, 1.54) is 0 Å². The van der Waals surface area contributed by atoms with Gasteiger partial charge in [0.1, 0.15) is 11.1 Å². The molecule has 3 rings (SSSR count). The summed E-state index contributed by atoms with van der Waals surface area (Å²) in [5, 5.41) is 12.5. The molecule has 14 heteroatoms. The van der Waals surface area contributed by atoms with Crippen LogP contribution in [0.1, 0.15) is 67.7 Å². The number of nitrogens with two attached hydrogens (primary N) is 1. The van der Waals surface area contributed by atoms with Gasteiger partial charge in [0.2, 0.25) is 0 Å². The number of carboxylic acid groups (broad SMARTS) is 1. The molecule has 2 aliphatic heterocycles. The number of nitrogens with one attached hydrogen (secondary N) is 2. The molecule has 36 heavy (non-hydrogen) atoms. The molecule has 3 aliphatic rings. The number of ether oxygens (including phenoxy) is 1. The van der Waals surface area contributed by atoms with Gasteiger partial charge in [0.15, 0.2) is 0 Å². The number of rotatable bonds is 9. The SMILES string of the molecule is CC(C)(C)OC(=O)N[C@@H]1C[C@H]1NS(=O)(=O)N1C[C@H](CCCB2OC(C)(C)C(C)(C)O2)[C@](N)(C(=O)O)C1. The molecule has 1 saturated carbocycles. The first kappa shape index (κ1) is 29.1. The van der Waals surface area contributed by atoms with Crippen molar-refractivity contribution in [2.45, 2.75) is 108 Å². The van der Waals surface area contributed by atoms with E-state index >= 15 is 0 Å². The number of alkyl carbamates (subject to hydrolysis) is 1. The second-order valence-corrected chi connectivity index (χ2v) is 13.9. The summed E-state index contributed by atoms with van der Waals surface area (Å²) in [4.78, 5) is 24.0. The fourth-order valence-corrected chi connectivity index (χ4v) is 6.04. The molecule has 0 radical (unpaired) electrons. The van der Waals surface area contributed by atoms with Crippen LogP contribution >= 0.6 is 0 Å². The van der Waals surface area contributed by atoms with E-state index in [9.17, 15) is 23.1 Å². The monoisotopic (exact) mass is 532 g/mol. The Hall–Kier alpha value is -1.45. The maximum atomic E-state index is 13.0. The number of hydrogen-bond donors (Lipinski definition) is 4. The van der Waals surface area contributed by atoms with Crippen LogP contribution in [0.2, 0.25) is 6.32 Å². The van der Waals surface area contributed by atoms with Crippen LogP contribution in [0.3, 0.4) is 0 Å². The highest BCUT2D eigenvalue weighted by molar-refractivity contribution is 7.87. The number of carbonyl (C=O) groups is 2. The van der Waals surface area contributed by atoms with Gasteiger partial charge in [-0.2, -0.15) is 17.4 Å².